The molecular weight excluding hydrogens is 264 g/mol. The Labute approximate surface area is 126 Å². The van der Waals surface area contributed by atoms with Crippen LogP contribution in [-0.4, -0.2) is 28.1 Å². The van der Waals surface area contributed by atoms with Gasteiger partial charge < -0.3 is 15.7 Å². The summed E-state index contributed by atoms with van der Waals surface area (Å²) in [6.45, 7) is 10.5. The number of carbonyl (C=O) groups excluding carboxylic acids is 1. The summed E-state index contributed by atoms with van der Waals surface area (Å²) in [6, 6.07) is 5.19. The minimum atomic E-state index is -0.199. The lowest BCUT2D eigenvalue weighted by molar-refractivity contribution is 0.0870. The zero-order chi connectivity index (χ0) is 15.8. The molecule has 1 aliphatic heterocycles. The third kappa shape index (κ3) is 3.97. The number of amides is 1. The molecule has 1 fully saturated rings. The number of piperidine rings is 1. The van der Waals surface area contributed by atoms with E-state index in [2.05, 4.69) is 38.3 Å². The van der Waals surface area contributed by atoms with Crippen LogP contribution in [-0.2, 0) is 0 Å². The number of benzene rings is 1. The molecule has 0 spiro atoms. The highest BCUT2D eigenvalue weighted by molar-refractivity contribution is 5.97. The summed E-state index contributed by atoms with van der Waals surface area (Å²) < 4.78 is 0. The number of phenols is 1. The fourth-order valence-electron chi connectivity index (χ4n) is 3.52. The molecule has 4 nitrogen and oxygen atoms in total. The lowest BCUT2D eigenvalue weighted by atomic mass is 9.79. The summed E-state index contributed by atoms with van der Waals surface area (Å²) >= 11 is 0. The molecule has 1 aromatic rings. The molecule has 0 aliphatic carbocycles. The highest BCUT2D eigenvalue weighted by Gasteiger charge is 2.38. The van der Waals surface area contributed by atoms with Crippen LogP contribution in [0.2, 0.25) is 0 Å². The normalized spacial score (nSPS) is 21.0. The predicted octanol–water partition coefficient (Wildman–Crippen LogP) is 2.74. The van der Waals surface area contributed by atoms with Crippen LogP contribution in [0, 0.1) is 6.92 Å². The van der Waals surface area contributed by atoms with E-state index in [1.54, 1.807) is 18.2 Å². The smallest absolute Gasteiger partial charge is 0.255 e. The summed E-state index contributed by atoms with van der Waals surface area (Å²) in [5.41, 5.74) is 1.27. The van der Waals surface area contributed by atoms with E-state index in [0.717, 1.165) is 18.4 Å². The first-order chi connectivity index (χ1) is 9.58. The van der Waals surface area contributed by atoms with Crippen LogP contribution in [0.3, 0.4) is 0 Å². The van der Waals surface area contributed by atoms with Gasteiger partial charge in [0.05, 0.1) is 5.56 Å². The average molecular weight is 290 g/mol. The van der Waals surface area contributed by atoms with E-state index in [9.17, 15) is 9.90 Å². The fourth-order valence-corrected chi connectivity index (χ4v) is 3.52. The van der Waals surface area contributed by atoms with Gasteiger partial charge in [-0.2, -0.15) is 0 Å². The molecule has 116 valence electrons. The summed E-state index contributed by atoms with van der Waals surface area (Å²) in [5.74, 6) is -0.166. The zero-order valence-electron chi connectivity index (χ0n) is 13.6. The van der Waals surface area contributed by atoms with E-state index < -0.39 is 0 Å². The van der Waals surface area contributed by atoms with Crippen LogP contribution >= 0.6 is 0 Å². The average Bonchev–Trinajstić information content (AvgIpc) is 2.27. The van der Waals surface area contributed by atoms with E-state index in [0.29, 0.717) is 5.56 Å². The largest absolute Gasteiger partial charge is 0.507 e. The Morgan fingerprint density at radius 2 is 1.81 bits per heavy atom. The van der Waals surface area contributed by atoms with E-state index in [1.165, 1.54) is 0 Å². The van der Waals surface area contributed by atoms with Gasteiger partial charge in [0.25, 0.3) is 5.91 Å². The number of nitrogens with one attached hydrogen (secondary N) is 2. The standard InChI is InChI=1S/C17H26N2O2/c1-11-6-7-14(20)13(8-11)15(21)18-12-9-16(2,3)19-17(4,5)10-12/h6-8,12,19-20H,9-10H2,1-5H3,(H,18,21). The predicted molar refractivity (Wildman–Crippen MR) is 84.6 cm³/mol. The molecule has 1 heterocycles. The third-order valence-electron chi connectivity index (χ3n) is 3.92. The highest BCUT2D eigenvalue weighted by Crippen LogP contribution is 2.29. The van der Waals surface area contributed by atoms with E-state index in [4.69, 9.17) is 0 Å². The van der Waals surface area contributed by atoms with Crippen molar-refractivity contribution in [2.24, 2.45) is 0 Å². The van der Waals surface area contributed by atoms with Crippen molar-refractivity contribution >= 4 is 5.91 Å². The number of aromatic hydroxyl groups is 1. The minimum absolute atomic E-state index is 0.0195. The number of aryl methyl sites for hydroxylation is 1. The van der Waals surface area contributed by atoms with Gasteiger partial charge in [-0.25, -0.2) is 0 Å². The topological polar surface area (TPSA) is 61.4 Å². The number of rotatable bonds is 2. The van der Waals surface area contributed by atoms with Gasteiger partial charge in [0.15, 0.2) is 0 Å². The summed E-state index contributed by atoms with van der Waals surface area (Å²) in [5, 5.41) is 16.5. The second-order valence-electron chi connectivity index (χ2n) is 7.49. The van der Waals surface area contributed by atoms with Crippen molar-refractivity contribution in [1.82, 2.24) is 10.6 Å². The molecule has 4 heteroatoms. The summed E-state index contributed by atoms with van der Waals surface area (Å²) in [7, 11) is 0. The maximum absolute atomic E-state index is 12.4. The highest BCUT2D eigenvalue weighted by atomic mass is 16.3. The molecule has 0 bridgehead atoms. The Morgan fingerprint density at radius 3 is 2.38 bits per heavy atom. The van der Waals surface area contributed by atoms with Crippen molar-refractivity contribution in [1.29, 1.82) is 0 Å². The molecule has 1 aliphatic rings. The molecule has 1 saturated heterocycles. The SMILES string of the molecule is Cc1ccc(O)c(C(=O)NC2CC(C)(C)NC(C)(C)C2)c1. The van der Waals surface area contributed by atoms with Crippen LogP contribution in [0.4, 0.5) is 0 Å². The van der Waals surface area contributed by atoms with Gasteiger partial charge in [-0.3, -0.25) is 4.79 Å². The summed E-state index contributed by atoms with van der Waals surface area (Å²) in [4.78, 5) is 12.4. The van der Waals surface area contributed by atoms with Crippen molar-refractivity contribution in [3.8, 4) is 5.75 Å². The quantitative estimate of drug-likeness (QED) is 0.785. The number of carbonyl (C=O) groups is 1. The first-order valence-corrected chi connectivity index (χ1v) is 7.48. The van der Waals surface area contributed by atoms with Crippen LogP contribution < -0.4 is 10.6 Å². The van der Waals surface area contributed by atoms with E-state index in [1.807, 2.05) is 6.92 Å². The van der Waals surface area contributed by atoms with Crippen LogP contribution in [0.25, 0.3) is 0 Å². The molecule has 0 saturated carbocycles. The first-order valence-electron chi connectivity index (χ1n) is 7.48. The Bertz CT molecular complexity index is 534. The van der Waals surface area contributed by atoms with Gasteiger partial charge in [0.2, 0.25) is 0 Å². The van der Waals surface area contributed by atoms with Crippen molar-refractivity contribution in [2.45, 2.75) is 64.6 Å². The van der Waals surface area contributed by atoms with Gasteiger partial charge in [-0.1, -0.05) is 11.6 Å². The molecule has 0 unspecified atom stereocenters. The Balaban J connectivity index is 2.14. The molecule has 21 heavy (non-hydrogen) atoms. The molecule has 1 amide bonds. The van der Waals surface area contributed by atoms with Crippen LogP contribution in [0.1, 0.15) is 56.5 Å². The Hall–Kier alpha value is -1.55. The molecule has 0 radical (unpaired) electrons. The van der Waals surface area contributed by atoms with Crippen LogP contribution in [0.15, 0.2) is 18.2 Å². The van der Waals surface area contributed by atoms with Crippen molar-refractivity contribution in [3.63, 3.8) is 0 Å². The maximum atomic E-state index is 12.4. The molecule has 1 aromatic carbocycles. The van der Waals surface area contributed by atoms with Crippen LogP contribution in [0.5, 0.6) is 5.75 Å². The van der Waals surface area contributed by atoms with Gasteiger partial charge in [0.1, 0.15) is 5.75 Å². The van der Waals surface area contributed by atoms with Gasteiger partial charge in [-0.05, 0) is 59.6 Å². The summed E-state index contributed by atoms with van der Waals surface area (Å²) in [6.07, 6.45) is 1.74. The lowest BCUT2D eigenvalue weighted by Gasteiger charge is -2.46. The van der Waals surface area contributed by atoms with Crippen molar-refractivity contribution in [3.05, 3.63) is 29.3 Å². The minimum Gasteiger partial charge on any atom is -0.507 e. The second-order valence-corrected chi connectivity index (χ2v) is 7.49. The lowest BCUT2D eigenvalue weighted by Crippen LogP contribution is -2.62. The maximum Gasteiger partial charge on any atom is 0.255 e. The molecule has 0 atom stereocenters. The Kier molecular flexibility index (Phi) is 4.02. The molecule has 3 N–H and O–H groups in total. The van der Waals surface area contributed by atoms with Gasteiger partial charge in [-0.15, -0.1) is 0 Å². The van der Waals surface area contributed by atoms with Crippen molar-refractivity contribution < 1.29 is 9.90 Å². The van der Waals surface area contributed by atoms with E-state index >= 15 is 0 Å². The van der Waals surface area contributed by atoms with E-state index in [-0.39, 0.29) is 28.8 Å². The number of phenolic OH excluding ortho intramolecular Hbond substituents is 1. The van der Waals surface area contributed by atoms with Crippen molar-refractivity contribution in [2.75, 3.05) is 0 Å². The zero-order valence-corrected chi connectivity index (χ0v) is 13.6. The third-order valence-corrected chi connectivity index (χ3v) is 3.92. The molecule has 0 aromatic heterocycles. The molecular formula is C17H26N2O2. The molecule has 2 rings (SSSR count). The monoisotopic (exact) mass is 290 g/mol. The first kappa shape index (κ1) is 15.8. The van der Waals surface area contributed by atoms with Gasteiger partial charge in [0, 0.05) is 17.1 Å². The van der Waals surface area contributed by atoms with Gasteiger partial charge >= 0.3 is 0 Å². The second kappa shape index (κ2) is 5.34. The number of hydrogen-bond donors (Lipinski definition) is 3. The Morgan fingerprint density at radius 1 is 1.24 bits per heavy atom. The number of hydrogen-bond acceptors (Lipinski definition) is 3. The fraction of sp³-hybridized carbons (Fsp3) is 0.588.